The SMILES string of the molecule is Cc1cccc(C(=O)NCc2ccc(CN3CCCC3=O)cc2)c1F. The van der Waals surface area contributed by atoms with Crippen LogP contribution in [0, 0.1) is 12.7 Å². The summed E-state index contributed by atoms with van der Waals surface area (Å²) in [5.41, 5.74) is 2.51. The zero-order valence-corrected chi connectivity index (χ0v) is 14.2. The first-order valence-corrected chi connectivity index (χ1v) is 8.43. The van der Waals surface area contributed by atoms with E-state index in [1.807, 2.05) is 29.2 Å². The summed E-state index contributed by atoms with van der Waals surface area (Å²) in [5, 5.41) is 2.74. The normalized spacial score (nSPS) is 14.0. The third-order valence-electron chi connectivity index (χ3n) is 4.46. The van der Waals surface area contributed by atoms with Crippen molar-refractivity contribution in [2.75, 3.05) is 6.54 Å². The van der Waals surface area contributed by atoms with E-state index in [0.29, 0.717) is 25.1 Å². The second kappa shape index (κ2) is 7.47. The zero-order chi connectivity index (χ0) is 17.8. The van der Waals surface area contributed by atoms with E-state index in [9.17, 15) is 14.0 Å². The van der Waals surface area contributed by atoms with Gasteiger partial charge < -0.3 is 10.2 Å². The summed E-state index contributed by atoms with van der Waals surface area (Å²) in [7, 11) is 0. The average molecular weight is 340 g/mol. The Morgan fingerprint density at radius 3 is 2.56 bits per heavy atom. The summed E-state index contributed by atoms with van der Waals surface area (Å²) in [6.45, 7) is 3.41. The lowest BCUT2D eigenvalue weighted by atomic mass is 10.1. The van der Waals surface area contributed by atoms with Gasteiger partial charge in [-0.1, -0.05) is 36.4 Å². The molecule has 0 bridgehead atoms. The molecule has 0 radical (unpaired) electrons. The van der Waals surface area contributed by atoms with Crippen LogP contribution in [0.2, 0.25) is 0 Å². The van der Waals surface area contributed by atoms with Crippen LogP contribution in [0.4, 0.5) is 4.39 Å². The summed E-state index contributed by atoms with van der Waals surface area (Å²) in [5.74, 6) is -0.699. The van der Waals surface area contributed by atoms with Crippen molar-refractivity contribution >= 4 is 11.8 Å². The second-order valence-corrected chi connectivity index (χ2v) is 6.35. The number of likely N-dealkylation sites (tertiary alicyclic amines) is 1. The molecule has 0 aliphatic carbocycles. The molecule has 4 nitrogen and oxygen atoms in total. The number of aryl methyl sites for hydroxylation is 1. The van der Waals surface area contributed by atoms with Gasteiger partial charge in [0.2, 0.25) is 5.91 Å². The molecule has 1 aliphatic rings. The van der Waals surface area contributed by atoms with Crippen molar-refractivity contribution in [3.63, 3.8) is 0 Å². The predicted molar refractivity (Wildman–Crippen MR) is 93.4 cm³/mol. The van der Waals surface area contributed by atoms with Crippen molar-refractivity contribution in [2.45, 2.75) is 32.9 Å². The fourth-order valence-corrected chi connectivity index (χ4v) is 2.95. The highest BCUT2D eigenvalue weighted by molar-refractivity contribution is 5.94. The van der Waals surface area contributed by atoms with Gasteiger partial charge in [0.15, 0.2) is 0 Å². The molecule has 1 N–H and O–H groups in total. The molecule has 0 atom stereocenters. The predicted octanol–water partition coefficient (Wildman–Crippen LogP) is 3.19. The van der Waals surface area contributed by atoms with E-state index in [1.54, 1.807) is 19.1 Å². The Kier molecular flexibility index (Phi) is 5.12. The minimum atomic E-state index is -0.481. The van der Waals surface area contributed by atoms with Gasteiger partial charge in [0, 0.05) is 26.1 Å². The number of hydrogen-bond acceptors (Lipinski definition) is 2. The van der Waals surface area contributed by atoms with E-state index in [0.717, 1.165) is 24.1 Å². The maximum atomic E-state index is 14.0. The number of carbonyl (C=O) groups is 2. The van der Waals surface area contributed by atoms with Crippen molar-refractivity contribution in [2.24, 2.45) is 0 Å². The number of benzene rings is 2. The van der Waals surface area contributed by atoms with Crippen LogP contribution in [0.15, 0.2) is 42.5 Å². The van der Waals surface area contributed by atoms with Gasteiger partial charge in [-0.15, -0.1) is 0 Å². The standard InChI is InChI=1S/C20H21FN2O2/c1-14-4-2-5-17(19(14)21)20(25)22-12-15-7-9-16(10-8-15)13-23-11-3-6-18(23)24/h2,4-5,7-10H,3,6,11-13H2,1H3,(H,22,25). The molecule has 0 unspecified atom stereocenters. The first kappa shape index (κ1) is 17.1. The lowest BCUT2D eigenvalue weighted by Crippen LogP contribution is -2.24. The van der Waals surface area contributed by atoms with E-state index >= 15 is 0 Å². The fourth-order valence-electron chi connectivity index (χ4n) is 2.95. The van der Waals surface area contributed by atoms with Crippen molar-refractivity contribution in [3.8, 4) is 0 Å². The highest BCUT2D eigenvalue weighted by atomic mass is 19.1. The van der Waals surface area contributed by atoms with Gasteiger partial charge in [-0.25, -0.2) is 4.39 Å². The van der Waals surface area contributed by atoms with Crippen LogP contribution in [0.1, 0.15) is 39.9 Å². The van der Waals surface area contributed by atoms with Gasteiger partial charge in [0.1, 0.15) is 5.82 Å². The van der Waals surface area contributed by atoms with Crippen LogP contribution in [-0.4, -0.2) is 23.3 Å². The number of nitrogens with zero attached hydrogens (tertiary/aromatic N) is 1. The molecule has 3 rings (SSSR count). The molecule has 2 amide bonds. The van der Waals surface area contributed by atoms with Crippen LogP contribution >= 0.6 is 0 Å². The van der Waals surface area contributed by atoms with Crippen molar-refractivity contribution < 1.29 is 14.0 Å². The molecule has 1 heterocycles. The van der Waals surface area contributed by atoms with Gasteiger partial charge in [0.05, 0.1) is 5.56 Å². The van der Waals surface area contributed by atoms with Crippen LogP contribution < -0.4 is 5.32 Å². The molecular weight excluding hydrogens is 319 g/mol. The highest BCUT2D eigenvalue weighted by Crippen LogP contribution is 2.15. The first-order valence-electron chi connectivity index (χ1n) is 8.43. The molecule has 25 heavy (non-hydrogen) atoms. The monoisotopic (exact) mass is 340 g/mol. The van der Waals surface area contributed by atoms with Crippen LogP contribution in [0.5, 0.6) is 0 Å². The van der Waals surface area contributed by atoms with E-state index in [1.165, 1.54) is 6.07 Å². The first-order chi connectivity index (χ1) is 12.0. The molecule has 5 heteroatoms. The molecule has 130 valence electrons. The molecular formula is C20H21FN2O2. The van der Waals surface area contributed by atoms with Crippen molar-refractivity contribution in [3.05, 3.63) is 70.5 Å². The quantitative estimate of drug-likeness (QED) is 0.909. The van der Waals surface area contributed by atoms with Gasteiger partial charge in [-0.05, 0) is 36.1 Å². The van der Waals surface area contributed by atoms with Gasteiger partial charge in [-0.3, -0.25) is 9.59 Å². The minimum Gasteiger partial charge on any atom is -0.348 e. The second-order valence-electron chi connectivity index (χ2n) is 6.35. The lowest BCUT2D eigenvalue weighted by molar-refractivity contribution is -0.128. The Bertz CT molecular complexity index is 787. The zero-order valence-electron chi connectivity index (χ0n) is 14.2. The smallest absolute Gasteiger partial charge is 0.254 e. The molecule has 2 aromatic carbocycles. The van der Waals surface area contributed by atoms with E-state index in [2.05, 4.69) is 5.32 Å². The minimum absolute atomic E-state index is 0.0594. The Balaban J connectivity index is 1.57. The van der Waals surface area contributed by atoms with Crippen LogP contribution in [-0.2, 0) is 17.9 Å². The van der Waals surface area contributed by atoms with Crippen LogP contribution in [0.25, 0.3) is 0 Å². The summed E-state index contributed by atoms with van der Waals surface area (Å²) in [6.07, 6.45) is 1.57. The fraction of sp³-hybridized carbons (Fsp3) is 0.300. The molecule has 0 saturated carbocycles. The topological polar surface area (TPSA) is 49.4 Å². The molecule has 1 saturated heterocycles. The summed E-state index contributed by atoms with van der Waals surface area (Å²) in [6, 6.07) is 12.5. The summed E-state index contributed by atoms with van der Waals surface area (Å²) >= 11 is 0. The molecule has 0 spiro atoms. The van der Waals surface area contributed by atoms with Gasteiger partial charge >= 0.3 is 0 Å². The highest BCUT2D eigenvalue weighted by Gasteiger charge is 2.19. The number of nitrogens with one attached hydrogen (secondary N) is 1. The third-order valence-corrected chi connectivity index (χ3v) is 4.46. The summed E-state index contributed by atoms with van der Waals surface area (Å²) in [4.78, 5) is 25.6. The maximum absolute atomic E-state index is 14.0. The average Bonchev–Trinajstić information content (AvgIpc) is 3.01. The van der Waals surface area contributed by atoms with Crippen molar-refractivity contribution in [1.29, 1.82) is 0 Å². The van der Waals surface area contributed by atoms with Crippen molar-refractivity contribution in [1.82, 2.24) is 10.2 Å². The molecule has 2 aromatic rings. The van der Waals surface area contributed by atoms with Gasteiger partial charge in [0.25, 0.3) is 5.91 Å². The van der Waals surface area contributed by atoms with Crippen LogP contribution in [0.3, 0.4) is 0 Å². The van der Waals surface area contributed by atoms with E-state index < -0.39 is 11.7 Å². The number of rotatable bonds is 5. The Morgan fingerprint density at radius 1 is 1.16 bits per heavy atom. The van der Waals surface area contributed by atoms with Gasteiger partial charge in [-0.2, -0.15) is 0 Å². The number of carbonyl (C=O) groups excluding carboxylic acids is 2. The number of halogens is 1. The van der Waals surface area contributed by atoms with E-state index in [4.69, 9.17) is 0 Å². The Labute approximate surface area is 146 Å². The Morgan fingerprint density at radius 2 is 1.88 bits per heavy atom. The third kappa shape index (κ3) is 4.05. The number of hydrogen-bond donors (Lipinski definition) is 1. The maximum Gasteiger partial charge on any atom is 0.254 e. The lowest BCUT2D eigenvalue weighted by Gasteiger charge is -2.15. The largest absolute Gasteiger partial charge is 0.348 e. The molecule has 1 fully saturated rings. The number of amides is 2. The summed E-state index contributed by atoms with van der Waals surface area (Å²) < 4.78 is 14.0. The van der Waals surface area contributed by atoms with E-state index in [-0.39, 0.29) is 11.5 Å². The molecule has 1 aliphatic heterocycles. The molecule has 0 aromatic heterocycles. The Hall–Kier alpha value is -2.69.